The second kappa shape index (κ2) is 9.02. The summed E-state index contributed by atoms with van der Waals surface area (Å²) in [5.41, 5.74) is 1.16. The fraction of sp³-hybridized carbons (Fsp3) is 0.450. The van der Waals surface area contributed by atoms with E-state index in [4.69, 9.17) is 4.74 Å². The number of benzene rings is 1. The molecule has 0 aliphatic carbocycles. The van der Waals surface area contributed by atoms with Gasteiger partial charge in [-0.2, -0.15) is 0 Å². The molecule has 0 bridgehead atoms. The number of nitrogens with zero attached hydrogens (tertiary/aromatic N) is 1. The molecule has 1 N–H and O–H groups in total. The number of ether oxygens (including phenoxy) is 1. The summed E-state index contributed by atoms with van der Waals surface area (Å²) >= 11 is 1.67. The van der Waals surface area contributed by atoms with Crippen molar-refractivity contribution < 1.29 is 9.53 Å². The monoisotopic (exact) mass is 358 g/mol. The molecule has 0 spiro atoms. The van der Waals surface area contributed by atoms with Crippen LogP contribution < -0.4 is 10.1 Å². The van der Waals surface area contributed by atoms with E-state index < -0.39 is 0 Å². The fourth-order valence-electron chi connectivity index (χ4n) is 3.12. The first-order chi connectivity index (χ1) is 12.2. The van der Waals surface area contributed by atoms with Gasteiger partial charge in [0.15, 0.2) is 0 Å². The van der Waals surface area contributed by atoms with Crippen molar-refractivity contribution in [2.75, 3.05) is 13.1 Å². The smallest absolute Gasteiger partial charge is 0.234 e. The van der Waals surface area contributed by atoms with Crippen molar-refractivity contribution in [2.24, 2.45) is 0 Å². The van der Waals surface area contributed by atoms with Gasteiger partial charge in [0.25, 0.3) is 0 Å². The number of unbranched alkanes of at least 4 members (excludes halogenated alkanes) is 1. The maximum Gasteiger partial charge on any atom is 0.234 e. The number of fused-ring (bicyclic) bond motifs is 1. The Kier molecular flexibility index (Phi) is 6.48. The van der Waals surface area contributed by atoms with Crippen LogP contribution in [0.4, 0.5) is 0 Å². The van der Waals surface area contributed by atoms with Crippen LogP contribution in [0.3, 0.4) is 0 Å². The van der Waals surface area contributed by atoms with Gasteiger partial charge in [0, 0.05) is 23.5 Å². The molecule has 0 unspecified atom stereocenters. The number of amides is 1. The summed E-state index contributed by atoms with van der Waals surface area (Å²) in [5.74, 6) is 1.03. The van der Waals surface area contributed by atoms with E-state index in [2.05, 4.69) is 23.2 Å². The summed E-state index contributed by atoms with van der Waals surface area (Å²) in [6.45, 7) is 4.76. The molecule has 4 nitrogen and oxygen atoms in total. The number of thiophene rings is 1. The molecule has 2 aromatic rings. The van der Waals surface area contributed by atoms with E-state index in [0.29, 0.717) is 13.1 Å². The van der Waals surface area contributed by atoms with E-state index in [0.717, 1.165) is 43.7 Å². The molecule has 134 valence electrons. The average molecular weight is 359 g/mol. The third kappa shape index (κ3) is 5.31. The first-order valence-electron chi connectivity index (χ1n) is 9.00. The largest absolute Gasteiger partial charge is 0.489 e. The second-order valence-electron chi connectivity index (χ2n) is 6.52. The Hall–Kier alpha value is -1.85. The topological polar surface area (TPSA) is 41.6 Å². The number of carbonyl (C=O) groups excluding carboxylic acids is 1. The van der Waals surface area contributed by atoms with Crippen LogP contribution in [-0.4, -0.2) is 30.0 Å². The van der Waals surface area contributed by atoms with Gasteiger partial charge in [0.1, 0.15) is 11.9 Å². The molecule has 0 fully saturated rings. The molecule has 5 heteroatoms. The van der Waals surface area contributed by atoms with E-state index in [1.165, 1.54) is 4.88 Å². The minimum Gasteiger partial charge on any atom is -0.489 e. The van der Waals surface area contributed by atoms with Crippen molar-refractivity contribution >= 4 is 17.2 Å². The zero-order valence-corrected chi connectivity index (χ0v) is 15.6. The molecule has 0 saturated heterocycles. The van der Waals surface area contributed by atoms with Gasteiger partial charge in [0.2, 0.25) is 5.91 Å². The number of hydrogen-bond donors (Lipinski definition) is 1. The molecule has 1 aliphatic heterocycles. The van der Waals surface area contributed by atoms with Gasteiger partial charge in [-0.05, 0) is 30.4 Å². The van der Waals surface area contributed by atoms with E-state index in [1.807, 2.05) is 35.7 Å². The second-order valence-corrected chi connectivity index (χ2v) is 7.55. The van der Waals surface area contributed by atoms with E-state index >= 15 is 0 Å². The maximum atomic E-state index is 12.4. The van der Waals surface area contributed by atoms with Crippen molar-refractivity contribution in [2.45, 2.75) is 45.4 Å². The molecule has 25 heavy (non-hydrogen) atoms. The molecule has 1 aromatic carbocycles. The molecule has 1 amide bonds. The minimum atomic E-state index is 0.0713. The van der Waals surface area contributed by atoms with Crippen LogP contribution in [0.1, 0.15) is 36.6 Å². The lowest BCUT2D eigenvalue weighted by molar-refractivity contribution is -0.122. The standard InChI is InChI=1S/C20H26N2O2S/c1-2-3-8-17-14-22(13-16-7-4-5-10-19(16)24-17)15-20(23)21-12-18-9-6-11-25-18/h4-7,9-11,17H,2-3,8,12-15H2,1H3,(H,21,23)/t17-/m0/s1. The molecule has 3 rings (SSSR count). The molecule has 0 saturated carbocycles. The maximum absolute atomic E-state index is 12.4. The van der Waals surface area contributed by atoms with E-state index in [-0.39, 0.29) is 12.0 Å². The van der Waals surface area contributed by atoms with Gasteiger partial charge in [-0.3, -0.25) is 9.69 Å². The third-order valence-electron chi connectivity index (χ3n) is 4.41. The highest BCUT2D eigenvalue weighted by Crippen LogP contribution is 2.26. The Morgan fingerprint density at radius 1 is 1.32 bits per heavy atom. The van der Waals surface area contributed by atoms with Gasteiger partial charge in [-0.15, -0.1) is 11.3 Å². The summed E-state index contributed by atoms with van der Waals surface area (Å²) in [6.07, 6.45) is 3.47. The highest BCUT2D eigenvalue weighted by molar-refractivity contribution is 7.09. The Balaban J connectivity index is 1.61. The zero-order valence-electron chi connectivity index (χ0n) is 14.7. The summed E-state index contributed by atoms with van der Waals surface area (Å²) in [7, 11) is 0. The van der Waals surface area contributed by atoms with Gasteiger partial charge in [-0.1, -0.05) is 37.6 Å². The highest BCUT2D eigenvalue weighted by Gasteiger charge is 2.23. The summed E-state index contributed by atoms with van der Waals surface area (Å²) in [6, 6.07) is 12.2. The number of carbonyl (C=O) groups is 1. The van der Waals surface area contributed by atoms with Crippen molar-refractivity contribution in [3.05, 3.63) is 52.2 Å². The van der Waals surface area contributed by atoms with Gasteiger partial charge >= 0.3 is 0 Å². The average Bonchev–Trinajstić information content (AvgIpc) is 3.06. The molecular weight excluding hydrogens is 332 g/mol. The van der Waals surface area contributed by atoms with Crippen LogP contribution in [0, 0.1) is 0 Å². The van der Waals surface area contributed by atoms with Gasteiger partial charge < -0.3 is 10.1 Å². The summed E-state index contributed by atoms with van der Waals surface area (Å²) in [4.78, 5) is 15.7. The lowest BCUT2D eigenvalue weighted by atomic mass is 10.1. The predicted octanol–water partition coefficient (Wildman–Crippen LogP) is 3.82. The molecule has 1 aliphatic rings. The van der Waals surface area contributed by atoms with Gasteiger partial charge in [0.05, 0.1) is 13.1 Å². The van der Waals surface area contributed by atoms with Crippen molar-refractivity contribution in [3.63, 3.8) is 0 Å². The number of para-hydroxylation sites is 1. The Morgan fingerprint density at radius 3 is 3.00 bits per heavy atom. The number of rotatable bonds is 7. The lowest BCUT2D eigenvalue weighted by Gasteiger charge is -2.23. The predicted molar refractivity (Wildman–Crippen MR) is 102 cm³/mol. The molecular formula is C20H26N2O2S. The minimum absolute atomic E-state index is 0.0713. The van der Waals surface area contributed by atoms with Crippen molar-refractivity contribution in [3.8, 4) is 5.75 Å². The van der Waals surface area contributed by atoms with Crippen LogP contribution >= 0.6 is 11.3 Å². The van der Waals surface area contributed by atoms with Crippen LogP contribution in [0.5, 0.6) is 5.75 Å². The van der Waals surface area contributed by atoms with E-state index in [1.54, 1.807) is 11.3 Å². The van der Waals surface area contributed by atoms with Crippen LogP contribution in [-0.2, 0) is 17.9 Å². The molecule has 2 heterocycles. The summed E-state index contributed by atoms with van der Waals surface area (Å²) in [5, 5.41) is 5.05. The van der Waals surface area contributed by atoms with E-state index in [9.17, 15) is 4.79 Å². The Labute approximate surface area is 153 Å². The Morgan fingerprint density at radius 2 is 2.20 bits per heavy atom. The SMILES string of the molecule is CCCC[C@H]1CN(CC(=O)NCc2cccs2)Cc2ccccc2O1. The number of hydrogen-bond acceptors (Lipinski definition) is 4. The van der Waals surface area contributed by atoms with Crippen LogP contribution in [0.15, 0.2) is 41.8 Å². The summed E-state index contributed by atoms with van der Waals surface area (Å²) < 4.78 is 6.22. The molecule has 1 aromatic heterocycles. The fourth-order valence-corrected chi connectivity index (χ4v) is 3.76. The first-order valence-corrected chi connectivity index (χ1v) is 9.88. The molecule has 0 radical (unpaired) electrons. The van der Waals surface area contributed by atoms with Crippen LogP contribution in [0.2, 0.25) is 0 Å². The normalized spacial score (nSPS) is 17.4. The highest BCUT2D eigenvalue weighted by atomic mass is 32.1. The molecule has 1 atom stereocenters. The number of nitrogens with one attached hydrogen (secondary N) is 1. The van der Waals surface area contributed by atoms with Crippen molar-refractivity contribution in [1.29, 1.82) is 0 Å². The Bertz CT molecular complexity index is 672. The van der Waals surface area contributed by atoms with Crippen LogP contribution in [0.25, 0.3) is 0 Å². The quantitative estimate of drug-likeness (QED) is 0.818. The first kappa shape index (κ1) is 18.0. The third-order valence-corrected chi connectivity index (χ3v) is 5.29. The van der Waals surface area contributed by atoms with Crippen molar-refractivity contribution in [1.82, 2.24) is 10.2 Å². The van der Waals surface area contributed by atoms with Gasteiger partial charge in [-0.25, -0.2) is 0 Å². The zero-order chi connectivity index (χ0) is 17.5. The lowest BCUT2D eigenvalue weighted by Crippen LogP contribution is -2.40.